The molecule has 11 heteroatoms. The SMILES string of the molecule is CCC/C(=C\c1ccc(O)cc1Cl)CC[C@H]1OB(O)C[C@H]2C1=C(CO[Si](c1ccccc1)(c1ccccc1)C(C)(C)C)C[C@H]1C(=O)N(Cc3cccs3)C(=O)[C@H]12. The number of hydrogen-bond acceptors (Lipinski definition) is 7. The van der Waals surface area contributed by atoms with E-state index in [1.807, 2.05) is 35.7 Å². The van der Waals surface area contributed by atoms with Crippen LogP contribution in [0.4, 0.5) is 0 Å². The number of phenolic OH excluding ortho intramolecular Hbond substituents is 1. The molecule has 2 amide bonds. The Morgan fingerprint density at radius 1 is 0.982 bits per heavy atom. The maximum atomic E-state index is 14.4. The fourth-order valence-electron chi connectivity index (χ4n) is 9.39. The standard InChI is InChI=1S/C45H51BClNO6SSi/c1-5-13-30(24-31-20-21-33(49)26-39(31)47)19-22-40-41-32(29-53-56(45(2,3)4,35-15-8-6-9-16-35)36-17-10-7-11-18-36)25-37-42(38(41)27-46(52)54-40)44(51)48(43(37)50)28-34-14-12-23-55-34/h6-12,14-18,20-21,23-24,26,37-38,40,42,49,52H,5,13,19,22,25,27-29H2,1-4H3/b30-24+/t37-,38+,40-,42-/m1/s1. The van der Waals surface area contributed by atoms with E-state index in [4.69, 9.17) is 20.7 Å². The molecule has 56 heavy (non-hydrogen) atoms. The fourth-order valence-corrected chi connectivity index (χ4v) is 14.9. The summed E-state index contributed by atoms with van der Waals surface area (Å²) in [4.78, 5) is 31.1. The average molecular weight is 808 g/mol. The molecule has 1 aliphatic carbocycles. The van der Waals surface area contributed by atoms with Crippen LogP contribution in [0.5, 0.6) is 5.75 Å². The van der Waals surface area contributed by atoms with Gasteiger partial charge in [-0.15, -0.1) is 11.3 Å². The van der Waals surface area contributed by atoms with E-state index in [1.54, 1.807) is 12.1 Å². The first-order valence-electron chi connectivity index (χ1n) is 19.8. The highest BCUT2D eigenvalue weighted by Gasteiger charge is 2.58. The lowest BCUT2D eigenvalue weighted by Gasteiger charge is -2.46. The summed E-state index contributed by atoms with van der Waals surface area (Å²) in [7, 11) is -4.05. The first-order valence-corrected chi connectivity index (χ1v) is 22.9. The van der Waals surface area contributed by atoms with Crippen molar-refractivity contribution in [2.24, 2.45) is 17.8 Å². The Labute approximate surface area is 341 Å². The number of imide groups is 1. The summed E-state index contributed by atoms with van der Waals surface area (Å²) in [5.74, 6) is -1.67. The number of carbonyl (C=O) groups is 2. The monoisotopic (exact) mass is 807 g/mol. The molecule has 2 fully saturated rings. The number of hydrogen-bond donors (Lipinski definition) is 2. The van der Waals surface area contributed by atoms with Crippen LogP contribution in [-0.4, -0.2) is 55.0 Å². The maximum absolute atomic E-state index is 14.4. The third-order valence-corrected chi connectivity index (χ3v) is 18.0. The van der Waals surface area contributed by atoms with E-state index in [2.05, 4.69) is 82.3 Å². The second-order valence-electron chi connectivity index (χ2n) is 16.4. The Bertz CT molecular complexity index is 2050. The number of halogens is 1. The summed E-state index contributed by atoms with van der Waals surface area (Å²) in [5.41, 5.74) is 4.01. The van der Waals surface area contributed by atoms with E-state index < -0.39 is 33.4 Å². The molecule has 2 saturated heterocycles. The molecule has 4 aromatic rings. The molecule has 2 aliphatic heterocycles. The van der Waals surface area contributed by atoms with E-state index in [1.165, 1.54) is 21.8 Å². The Morgan fingerprint density at radius 3 is 2.29 bits per heavy atom. The van der Waals surface area contributed by atoms with Gasteiger partial charge in [-0.25, -0.2) is 0 Å². The maximum Gasteiger partial charge on any atom is 0.455 e. The minimum atomic E-state index is -2.97. The van der Waals surface area contributed by atoms with Crippen molar-refractivity contribution in [3.8, 4) is 5.75 Å². The Balaban J connectivity index is 1.30. The van der Waals surface area contributed by atoms with Crippen LogP contribution in [0, 0.1) is 17.8 Å². The third-order valence-electron chi connectivity index (χ3n) is 11.8. The number of phenols is 1. The molecule has 3 aliphatic rings. The Kier molecular flexibility index (Phi) is 12.3. The molecule has 7 rings (SSSR count). The van der Waals surface area contributed by atoms with Gasteiger partial charge in [0.05, 0.1) is 36.1 Å². The second-order valence-corrected chi connectivity index (χ2v) is 22.2. The number of amides is 2. The summed E-state index contributed by atoms with van der Waals surface area (Å²) >= 11 is 8.07. The summed E-state index contributed by atoms with van der Waals surface area (Å²) in [6.45, 7) is 9.44. The van der Waals surface area contributed by atoms with Gasteiger partial charge in [0, 0.05) is 4.88 Å². The van der Waals surface area contributed by atoms with Crippen molar-refractivity contribution >= 4 is 66.6 Å². The number of fused-ring (bicyclic) bond motifs is 3. The van der Waals surface area contributed by atoms with Gasteiger partial charge >= 0.3 is 7.12 Å². The van der Waals surface area contributed by atoms with Crippen molar-refractivity contribution in [2.75, 3.05) is 6.61 Å². The van der Waals surface area contributed by atoms with Crippen molar-refractivity contribution < 1.29 is 28.8 Å². The van der Waals surface area contributed by atoms with Gasteiger partial charge in [0.25, 0.3) is 8.32 Å². The van der Waals surface area contributed by atoms with Crippen molar-refractivity contribution in [1.82, 2.24) is 4.90 Å². The molecule has 1 aromatic heterocycles. The molecule has 2 N–H and O–H groups in total. The van der Waals surface area contributed by atoms with Gasteiger partial charge in [0.1, 0.15) is 5.75 Å². The third kappa shape index (κ3) is 8.02. The summed E-state index contributed by atoms with van der Waals surface area (Å²) in [5, 5.41) is 25.8. The quantitative estimate of drug-likeness (QED) is 0.0798. The first kappa shape index (κ1) is 40.4. The minimum absolute atomic E-state index is 0.115. The zero-order chi connectivity index (χ0) is 39.6. The van der Waals surface area contributed by atoms with Crippen LogP contribution in [0.25, 0.3) is 6.08 Å². The first-order chi connectivity index (χ1) is 26.9. The lowest BCUT2D eigenvalue weighted by molar-refractivity contribution is -0.140. The number of rotatable bonds is 13. The normalized spacial score (nSPS) is 21.8. The number of benzene rings is 3. The largest absolute Gasteiger partial charge is 0.508 e. The second kappa shape index (κ2) is 17.0. The number of likely N-dealkylation sites (tertiary alicyclic amines) is 1. The smallest absolute Gasteiger partial charge is 0.455 e. The molecular formula is C45H51BClNO6SSi. The van der Waals surface area contributed by atoms with E-state index >= 15 is 0 Å². The van der Waals surface area contributed by atoms with Crippen LogP contribution >= 0.6 is 22.9 Å². The molecule has 0 saturated carbocycles. The number of nitrogens with zero attached hydrogens (tertiary/aromatic N) is 1. The molecule has 3 heterocycles. The molecule has 0 unspecified atom stereocenters. The van der Waals surface area contributed by atoms with Gasteiger partial charge in [0.2, 0.25) is 11.8 Å². The van der Waals surface area contributed by atoms with Crippen molar-refractivity contribution in [2.45, 2.75) is 83.8 Å². The predicted molar refractivity (Wildman–Crippen MR) is 228 cm³/mol. The summed E-state index contributed by atoms with van der Waals surface area (Å²) < 4.78 is 14.0. The van der Waals surface area contributed by atoms with E-state index in [-0.39, 0.29) is 48.0 Å². The van der Waals surface area contributed by atoms with Crippen LogP contribution < -0.4 is 10.4 Å². The lowest BCUT2D eigenvalue weighted by Crippen LogP contribution is -2.66. The summed E-state index contributed by atoms with van der Waals surface area (Å²) in [6.07, 6.45) is 5.26. The van der Waals surface area contributed by atoms with Gasteiger partial charge in [-0.1, -0.05) is 124 Å². The zero-order valence-corrected chi connectivity index (χ0v) is 35.2. The number of aromatic hydroxyl groups is 1. The molecule has 3 aromatic carbocycles. The highest BCUT2D eigenvalue weighted by Crippen LogP contribution is 2.51. The Morgan fingerprint density at radius 2 is 1.68 bits per heavy atom. The van der Waals surface area contributed by atoms with Gasteiger partial charge in [0.15, 0.2) is 0 Å². The summed E-state index contributed by atoms with van der Waals surface area (Å²) in [6, 6.07) is 29.9. The van der Waals surface area contributed by atoms with E-state index in [0.717, 1.165) is 44.8 Å². The highest BCUT2D eigenvalue weighted by atomic mass is 35.5. The molecule has 7 nitrogen and oxygen atoms in total. The molecule has 0 spiro atoms. The molecule has 0 bridgehead atoms. The van der Waals surface area contributed by atoms with Crippen LogP contribution in [-0.2, 0) is 25.2 Å². The van der Waals surface area contributed by atoms with Gasteiger partial charge in [-0.3, -0.25) is 14.5 Å². The Hall–Kier alpha value is -3.77. The molecule has 0 radical (unpaired) electrons. The van der Waals surface area contributed by atoms with Crippen LogP contribution in [0.15, 0.2) is 113 Å². The van der Waals surface area contributed by atoms with Crippen LogP contribution in [0.3, 0.4) is 0 Å². The van der Waals surface area contributed by atoms with Crippen LogP contribution in [0.2, 0.25) is 16.4 Å². The van der Waals surface area contributed by atoms with Crippen molar-refractivity contribution in [3.63, 3.8) is 0 Å². The van der Waals surface area contributed by atoms with Crippen molar-refractivity contribution in [1.29, 1.82) is 0 Å². The van der Waals surface area contributed by atoms with Gasteiger partial charge in [-0.2, -0.15) is 0 Å². The number of allylic oxidation sites excluding steroid dienone is 1. The number of carbonyl (C=O) groups excluding carboxylic acids is 2. The minimum Gasteiger partial charge on any atom is -0.508 e. The molecular weight excluding hydrogens is 757 g/mol. The lowest BCUT2D eigenvalue weighted by atomic mass is 9.58. The topological polar surface area (TPSA) is 96.3 Å². The highest BCUT2D eigenvalue weighted by molar-refractivity contribution is 7.09. The van der Waals surface area contributed by atoms with Crippen molar-refractivity contribution in [3.05, 3.63) is 129 Å². The molecule has 292 valence electrons. The number of thiophene rings is 1. The fraction of sp³-hybridized carbons (Fsp3) is 0.378. The van der Waals surface area contributed by atoms with Crippen LogP contribution in [0.1, 0.15) is 70.2 Å². The predicted octanol–water partition coefficient (Wildman–Crippen LogP) is 8.64. The van der Waals surface area contributed by atoms with Gasteiger partial charge < -0.3 is 19.2 Å². The van der Waals surface area contributed by atoms with E-state index in [9.17, 15) is 19.7 Å². The zero-order valence-electron chi connectivity index (χ0n) is 32.6. The van der Waals surface area contributed by atoms with E-state index in [0.29, 0.717) is 24.3 Å². The molecule has 4 atom stereocenters. The van der Waals surface area contributed by atoms with Gasteiger partial charge in [-0.05, 0) is 99.7 Å². The average Bonchev–Trinajstić information content (AvgIpc) is 3.78.